The highest BCUT2D eigenvalue weighted by Crippen LogP contribution is 2.40. The van der Waals surface area contributed by atoms with Gasteiger partial charge in [0.05, 0.1) is 12.1 Å². The summed E-state index contributed by atoms with van der Waals surface area (Å²) >= 11 is 1.14. The lowest BCUT2D eigenvalue weighted by Gasteiger charge is -2.35. The normalized spacial score (nSPS) is 20.5. The van der Waals surface area contributed by atoms with Crippen molar-refractivity contribution in [1.29, 1.82) is 0 Å². The van der Waals surface area contributed by atoms with Crippen molar-refractivity contribution in [2.24, 2.45) is 0 Å². The number of carbonyl (C=O) groups is 2. The molecule has 0 bridgehead atoms. The van der Waals surface area contributed by atoms with Gasteiger partial charge in [0.1, 0.15) is 16.9 Å². The van der Waals surface area contributed by atoms with Gasteiger partial charge in [-0.2, -0.15) is 0 Å². The number of ketones is 2. The second kappa shape index (κ2) is 8.84. The minimum absolute atomic E-state index is 0.0263. The first-order valence-electron chi connectivity index (χ1n) is 9.99. The molecule has 32 heavy (non-hydrogen) atoms. The number of benzene rings is 2. The van der Waals surface area contributed by atoms with Gasteiger partial charge in [0.2, 0.25) is 11.6 Å². The number of hydrogen-bond donors (Lipinski definition) is 0. The summed E-state index contributed by atoms with van der Waals surface area (Å²) in [7, 11) is 0. The Morgan fingerprint density at radius 2 is 1.75 bits per heavy atom. The van der Waals surface area contributed by atoms with E-state index in [1.165, 1.54) is 12.3 Å². The molecule has 166 valence electrons. The molecular formula is C23H20F2N2O4S. The van der Waals surface area contributed by atoms with Crippen molar-refractivity contribution in [3.8, 4) is 0 Å². The highest BCUT2D eigenvalue weighted by Gasteiger charge is 2.41. The lowest BCUT2D eigenvalue weighted by atomic mass is 10.0. The van der Waals surface area contributed by atoms with E-state index < -0.39 is 46.2 Å². The third kappa shape index (κ3) is 4.18. The van der Waals surface area contributed by atoms with E-state index in [0.717, 1.165) is 28.8 Å². The molecule has 1 unspecified atom stereocenters. The van der Waals surface area contributed by atoms with Crippen LogP contribution in [0.4, 0.5) is 8.78 Å². The zero-order valence-electron chi connectivity index (χ0n) is 17.3. The maximum absolute atomic E-state index is 14.9. The Morgan fingerprint density at radius 3 is 2.41 bits per heavy atom. The Kier molecular flexibility index (Phi) is 6.12. The molecule has 0 spiro atoms. The van der Waals surface area contributed by atoms with Gasteiger partial charge in [-0.3, -0.25) is 9.59 Å². The number of rotatable bonds is 5. The van der Waals surface area contributed by atoms with Crippen molar-refractivity contribution in [1.82, 2.24) is 9.05 Å². The quantitative estimate of drug-likeness (QED) is 0.424. The van der Waals surface area contributed by atoms with Crippen LogP contribution < -0.4 is 5.63 Å². The average Bonchev–Trinajstić information content (AvgIpc) is 3.22. The average molecular weight is 458 g/mol. The molecule has 0 radical (unpaired) electrons. The predicted octanol–water partition coefficient (Wildman–Crippen LogP) is 4.06. The Morgan fingerprint density at radius 1 is 1.03 bits per heavy atom. The third-order valence-corrected chi connectivity index (χ3v) is 6.93. The Labute approximate surface area is 186 Å². The summed E-state index contributed by atoms with van der Waals surface area (Å²) in [5, 5.41) is -0.733. The third-order valence-electron chi connectivity index (χ3n) is 5.51. The van der Waals surface area contributed by atoms with Crippen LogP contribution in [-0.4, -0.2) is 26.7 Å². The molecule has 1 fully saturated rings. The van der Waals surface area contributed by atoms with E-state index >= 15 is 0 Å². The molecule has 2 heterocycles. The maximum atomic E-state index is 14.9. The van der Waals surface area contributed by atoms with E-state index in [2.05, 4.69) is 0 Å². The largest absolute Gasteiger partial charge is 0.357 e. The standard InChI is InChI=1S/C23H20F2N2O4S/c1-13(26-9-8-20(28)31-26)17-11-18(24)16(10-19(17)25)12-27-14(2)21(29)22(30)23(32-27)15-6-4-3-5-7-15/h3-11,13-14,23H,12H2,1-2H3/t13?,14-,23+/m0/s1. The highest BCUT2D eigenvalue weighted by atomic mass is 32.2. The van der Waals surface area contributed by atoms with Crippen LogP contribution in [0.5, 0.6) is 0 Å². The fraction of sp³-hybridized carbons (Fsp3) is 0.261. The monoisotopic (exact) mass is 458 g/mol. The first-order valence-corrected chi connectivity index (χ1v) is 10.8. The molecule has 4 rings (SSSR count). The van der Waals surface area contributed by atoms with Gasteiger partial charge in [-0.25, -0.2) is 22.6 Å². The highest BCUT2D eigenvalue weighted by molar-refractivity contribution is 7.98. The van der Waals surface area contributed by atoms with Crippen LogP contribution in [0.2, 0.25) is 0 Å². The summed E-state index contributed by atoms with van der Waals surface area (Å²) in [4.78, 5) is 36.3. The van der Waals surface area contributed by atoms with E-state index in [9.17, 15) is 23.2 Å². The molecule has 0 saturated carbocycles. The first-order chi connectivity index (χ1) is 15.3. The number of Topliss-reactive ketones (excluding diaryl/α,β-unsaturated/α-hetero) is 2. The second-order valence-corrected chi connectivity index (χ2v) is 8.75. The van der Waals surface area contributed by atoms with Gasteiger partial charge >= 0.3 is 5.63 Å². The molecule has 0 amide bonds. The zero-order valence-corrected chi connectivity index (χ0v) is 18.1. The summed E-state index contributed by atoms with van der Waals surface area (Å²) in [6, 6.07) is 10.7. The molecular weight excluding hydrogens is 438 g/mol. The summed E-state index contributed by atoms with van der Waals surface area (Å²) < 4.78 is 37.5. The van der Waals surface area contributed by atoms with Crippen molar-refractivity contribution in [3.05, 3.63) is 93.5 Å². The Bertz CT molecular complexity index is 1220. The van der Waals surface area contributed by atoms with Gasteiger partial charge in [-0.1, -0.05) is 42.3 Å². The zero-order chi connectivity index (χ0) is 23.0. The predicted molar refractivity (Wildman–Crippen MR) is 115 cm³/mol. The van der Waals surface area contributed by atoms with Crippen molar-refractivity contribution in [2.75, 3.05) is 0 Å². The number of halogens is 2. The van der Waals surface area contributed by atoms with Crippen LogP contribution in [-0.2, 0) is 16.1 Å². The topological polar surface area (TPSA) is 72.5 Å². The van der Waals surface area contributed by atoms with Crippen LogP contribution in [0.15, 0.2) is 64.0 Å². The lowest BCUT2D eigenvalue weighted by molar-refractivity contribution is -0.139. The number of carbonyl (C=O) groups excluding carboxylic acids is 2. The van der Waals surface area contributed by atoms with Gasteiger partial charge in [0, 0.05) is 29.9 Å². The fourth-order valence-corrected chi connectivity index (χ4v) is 4.87. The molecule has 6 nitrogen and oxygen atoms in total. The van der Waals surface area contributed by atoms with Gasteiger partial charge in [-0.05, 0) is 31.5 Å². The number of aromatic nitrogens is 1. The van der Waals surface area contributed by atoms with Crippen LogP contribution in [0.25, 0.3) is 0 Å². The number of nitrogens with zero attached hydrogens (tertiary/aromatic N) is 2. The molecule has 1 aromatic heterocycles. The Balaban J connectivity index is 1.60. The van der Waals surface area contributed by atoms with Gasteiger partial charge in [0.15, 0.2) is 0 Å². The molecule has 3 atom stereocenters. The smallest absolute Gasteiger partial charge is 0.336 e. The van der Waals surface area contributed by atoms with E-state index in [0.29, 0.717) is 5.56 Å². The van der Waals surface area contributed by atoms with E-state index in [-0.39, 0.29) is 17.7 Å². The van der Waals surface area contributed by atoms with Crippen molar-refractivity contribution in [3.63, 3.8) is 0 Å². The van der Waals surface area contributed by atoms with Gasteiger partial charge in [0.25, 0.3) is 0 Å². The summed E-state index contributed by atoms with van der Waals surface area (Å²) in [5.41, 5.74) is 0.175. The van der Waals surface area contributed by atoms with Crippen LogP contribution in [0.1, 0.15) is 41.8 Å². The molecule has 1 aliphatic heterocycles. The molecule has 1 saturated heterocycles. The van der Waals surface area contributed by atoms with Crippen molar-refractivity contribution in [2.45, 2.75) is 37.7 Å². The lowest BCUT2D eigenvalue weighted by Crippen LogP contribution is -2.45. The maximum Gasteiger partial charge on any atom is 0.357 e. The molecule has 9 heteroatoms. The first kappa shape index (κ1) is 22.2. The summed E-state index contributed by atoms with van der Waals surface area (Å²) in [6.45, 7) is 3.09. The van der Waals surface area contributed by atoms with E-state index in [4.69, 9.17) is 4.52 Å². The molecule has 2 aromatic carbocycles. The molecule has 0 aliphatic carbocycles. The second-order valence-electron chi connectivity index (χ2n) is 7.60. The molecule has 0 N–H and O–H groups in total. The van der Waals surface area contributed by atoms with Crippen LogP contribution >= 0.6 is 11.9 Å². The van der Waals surface area contributed by atoms with Crippen LogP contribution in [0, 0.1) is 11.6 Å². The van der Waals surface area contributed by atoms with E-state index in [1.54, 1.807) is 42.4 Å². The minimum Gasteiger partial charge on any atom is -0.336 e. The Hall–Kier alpha value is -3.04. The van der Waals surface area contributed by atoms with Gasteiger partial charge < -0.3 is 4.52 Å². The number of hydrogen-bond acceptors (Lipinski definition) is 6. The fourth-order valence-electron chi connectivity index (χ4n) is 3.61. The SMILES string of the molecule is CC(c1cc(F)c(CN2S[C@H](c3ccccc3)C(=O)C(=O)[C@@H]2C)cc1F)n1ccc(=O)o1. The van der Waals surface area contributed by atoms with E-state index in [1.807, 2.05) is 6.07 Å². The summed E-state index contributed by atoms with van der Waals surface area (Å²) in [5.74, 6) is -2.39. The summed E-state index contributed by atoms with van der Waals surface area (Å²) in [6.07, 6.45) is 1.36. The van der Waals surface area contributed by atoms with Crippen molar-refractivity contribution >= 4 is 23.5 Å². The minimum atomic E-state index is -0.775. The van der Waals surface area contributed by atoms with Crippen LogP contribution in [0.3, 0.4) is 0 Å². The van der Waals surface area contributed by atoms with Gasteiger partial charge in [-0.15, -0.1) is 0 Å². The molecule has 1 aliphatic rings. The van der Waals surface area contributed by atoms with Crippen molar-refractivity contribution < 1.29 is 22.9 Å². The molecule has 3 aromatic rings.